The van der Waals surface area contributed by atoms with Gasteiger partial charge in [-0.25, -0.2) is 4.98 Å². The quantitative estimate of drug-likeness (QED) is 0.728. The van der Waals surface area contributed by atoms with E-state index in [2.05, 4.69) is 33.8 Å². The number of rotatable bonds is 3. The molecule has 0 saturated heterocycles. The number of benzene rings is 1. The Labute approximate surface area is 152 Å². The number of aryl methyl sites for hydroxylation is 3. The van der Waals surface area contributed by atoms with Crippen molar-refractivity contribution < 1.29 is 9.32 Å². The van der Waals surface area contributed by atoms with Gasteiger partial charge in [0.1, 0.15) is 11.6 Å². The lowest BCUT2D eigenvalue weighted by molar-refractivity contribution is -0.135. The van der Waals surface area contributed by atoms with Gasteiger partial charge in [0, 0.05) is 24.0 Å². The average molecular weight is 350 g/mol. The van der Waals surface area contributed by atoms with Gasteiger partial charge in [-0.15, -0.1) is 0 Å². The Morgan fingerprint density at radius 1 is 1.23 bits per heavy atom. The van der Waals surface area contributed by atoms with Crippen molar-refractivity contribution in [2.75, 3.05) is 0 Å². The van der Waals surface area contributed by atoms with Crippen molar-refractivity contribution in [1.29, 1.82) is 0 Å². The number of aromatic nitrogens is 3. The Morgan fingerprint density at radius 3 is 2.69 bits per heavy atom. The molecule has 0 N–H and O–H groups in total. The molecule has 1 aromatic carbocycles. The van der Waals surface area contributed by atoms with Gasteiger partial charge in [-0.1, -0.05) is 35.5 Å². The maximum Gasteiger partial charge on any atom is 0.228 e. The predicted molar refractivity (Wildman–Crippen MR) is 96.4 cm³/mol. The molecule has 0 saturated carbocycles. The molecule has 1 amide bonds. The molecule has 6 nitrogen and oxygen atoms in total. The molecule has 0 radical (unpaired) electrons. The topological polar surface area (TPSA) is 64.2 Å². The van der Waals surface area contributed by atoms with Gasteiger partial charge in [0.15, 0.2) is 0 Å². The molecule has 0 fully saturated rings. The van der Waals surface area contributed by atoms with Crippen molar-refractivity contribution in [1.82, 2.24) is 19.6 Å². The zero-order valence-electron chi connectivity index (χ0n) is 15.3. The van der Waals surface area contributed by atoms with E-state index in [0.717, 1.165) is 34.9 Å². The first-order valence-corrected chi connectivity index (χ1v) is 8.81. The number of carbonyl (C=O) groups is 1. The highest BCUT2D eigenvalue weighted by Crippen LogP contribution is 2.31. The Balaban J connectivity index is 1.68. The van der Waals surface area contributed by atoms with E-state index in [9.17, 15) is 4.79 Å². The van der Waals surface area contributed by atoms with E-state index < -0.39 is 0 Å². The highest BCUT2D eigenvalue weighted by Gasteiger charge is 2.32. The molecule has 0 aliphatic carbocycles. The lowest BCUT2D eigenvalue weighted by Crippen LogP contribution is -2.42. The van der Waals surface area contributed by atoms with Crippen molar-refractivity contribution in [3.63, 3.8) is 0 Å². The normalized spacial score (nSPS) is 16.6. The van der Waals surface area contributed by atoms with Crippen LogP contribution in [0.1, 0.15) is 40.1 Å². The van der Waals surface area contributed by atoms with E-state index in [0.29, 0.717) is 18.7 Å². The molecular weight excluding hydrogens is 328 g/mol. The van der Waals surface area contributed by atoms with E-state index in [4.69, 9.17) is 4.52 Å². The number of hydrogen-bond acceptors (Lipinski definition) is 4. The molecule has 3 heterocycles. The zero-order valence-corrected chi connectivity index (χ0v) is 15.3. The smallest absolute Gasteiger partial charge is 0.228 e. The third kappa shape index (κ3) is 2.81. The second-order valence-electron chi connectivity index (χ2n) is 6.85. The minimum atomic E-state index is -0.00966. The van der Waals surface area contributed by atoms with Crippen LogP contribution in [0.2, 0.25) is 0 Å². The number of hydrogen-bond donors (Lipinski definition) is 0. The number of amides is 1. The van der Waals surface area contributed by atoms with Crippen LogP contribution in [0, 0.1) is 20.8 Å². The lowest BCUT2D eigenvalue weighted by Gasteiger charge is -2.37. The second kappa shape index (κ2) is 6.44. The minimum absolute atomic E-state index is 0.00966. The highest BCUT2D eigenvalue weighted by atomic mass is 16.5. The van der Waals surface area contributed by atoms with Gasteiger partial charge in [0.25, 0.3) is 0 Å². The number of nitrogens with zero attached hydrogens (tertiary/aromatic N) is 4. The monoisotopic (exact) mass is 350 g/mol. The Hall–Kier alpha value is -2.89. The van der Waals surface area contributed by atoms with Crippen molar-refractivity contribution in [3.05, 3.63) is 70.6 Å². The fraction of sp³-hybridized carbons (Fsp3) is 0.350. The first kappa shape index (κ1) is 16.6. The number of fused-ring (bicyclic) bond motifs is 1. The summed E-state index contributed by atoms with van der Waals surface area (Å²) >= 11 is 0. The Morgan fingerprint density at radius 2 is 2.00 bits per heavy atom. The Kier molecular flexibility index (Phi) is 4.11. The second-order valence-corrected chi connectivity index (χ2v) is 6.85. The van der Waals surface area contributed by atoms with Crippen LogP contribution < -0.4 is 0 Å². The molecule has 2 aromatic heterocycles. The molecule has 4 rings (SSSR count). The summed E-state index contributed by atoms with van der Waals surface area (Å²) in [5, 5.41) is 3.97. The summed E-state index contributed by atoms with van der Waals surface area (Å²) in [4.78, 5) is 19.6. The molecule has 1 aliphatic heterocycles. The standard InChI is InChI=1S/C20H22N4O2/c1-13-10-21-19-12-24(20(25)9-17-14(2)22-26-15(17)3)18(11-23(13)19)16-7-5-4-6-8-16/h4-8,10,18H,9,11-12H2,1-3H3/t18-/m0/s1. The van der Waals surface area contributed by atoms with Gasteiger partial charge >= 0.3 is 0 Å². The highest BCUT2D eigenvalue weighted by molar-refractivity contribution is 5.79. The summed E-state index contributed by atoms with van der Waals surface area (Å²) < 4.78 is 7.42. The van der Waals surface area contributed by atoms with Gasteiger partial charge in [0.2, 0.25) is 5.91 Å². The van der Waals surface area contributed by atoms with Crippen LogP contribution in [0.25, 0.3) is 0 Å². The maximum absolute atomic E-state index is 13.2. The van der Waals surface area contributed by atoms with Crippen LogP contribution in [0.5, 0.6) is 0 Å². The summed E-state index contributed by atoms with van der Waals surface area (Å²) in [7, 11) is 0. The molecule has 0 unspecified atom stereocenters. The lowest BCUT2D eigenvalue weighted by atomic mass is 10.0. The predicted octanol–water partition coefficient (Wildman–Crippen LogP) is 3.12. The average Bonchev–Trinajstić information content (AvgIpc) is 3.18. The van der Waals surface area contributed by atoms with Gasteiger partial charge in [-0.2, -0.15) is 0 Å². The molecule has 3 aromatic rings. The van der Waals surface area contributed by atoms with Crippen molar-refractivity contribution in [2.24, 2.45) is 0 Å². The summed E-state index contributed by atoms with van der Waals surface area (Å²) in [6.45, 7) is 7.01. The van der Waals surface area contributed by atoms with Gasteiger partial charge in [-0.3, -0.25) is 4.79 Å². The molecular formula is C20H22N4O2. The molecule has 1 atom stereocenters. The molecule has 0 spiro atoms. The van der Waals surface area contributed by atoms with E-state index in [1.165, 1.54) is 0 Å². The SMILES string of the molecule is Cc1noc(C)c1CC(=O)N1Cc2ncc(C)n2C[C@H]1c1ccccc1. The molecule has 26 heavy (non-hydrogen) atoms. The van der Waals surface area contributed by atoms with Crippen LogP contribution in [-0.2, 0) is 24.3 Å². The third-order valence-electron chi connectivity index (χ3n) is 5.20. The Bertz CT molecular complexity index is 923. The first-order chi connectivity index (χ1) is 12.5. The van der Waals surface area contributed by atoms with Gasteiger partial charge < -0.3 is 14.0 Å². The van der Waals surface area contributed by atoms with E-state index in [1.807, 2.05) is 43.1 Å². The van der Waals surface area contributed by atoms with Crippen LogP contribution in [-0.4, -0.2) is 25.5 Å². The third-order valence-corrected chi connectivity index (χ3v) is 5.20. The molecule has 134 valence electrons. The van der Waals surface area contributed by atoms with Gasteiger partial charge in [0.05, 0.1) is 24.7 Å². The molecule has 1 aliphatic rings. The fourth-order valence-electron chi connectivity index (χ4n) is 3.65. The summed E-state index contributed by atoms with van der Waals surface area (Å²) in [5.74, 6) is 1.71. The first-order valence-electron chi connectivity index (χ1n) is 8.81. The van der Waals surface area contributed by atoms with Gasteiger partial charge in [-0.05, 0) is 26.3 Å². The van der Waals surface area contributed by atoms with Crippen LogP contribution in [0.15, 0.2) is 41.1 Å². The fourth-order valence-corrected chi connectivity index (χ4v) is 3.65. The van der Waals surface area contributed by atoms with E-state index in [1.54, 1.807) is 0 Å². The van der Waals surface area contributed by atoms with Crippen LogP contribution in [0.3, 0.4) is 0 Å². The largest absolute Gasteiger partial charge is 0.361 e. The van der Waals surface area contributed by atoms with Crippen molar-refractivity contribution in [2.45, 2.75) is 46.3 Å². The summed E-state index contributed by atoms with van der Waals surface area (Å²) in [6, 6.07) is 10.2. The number of carbonyl (C=O) groups excluding carboxylic acids is 1. The molecule has 0 bridgehead atoms. The van der Waals surface area contributed by atoms with Crippen LogP contribution in [0.4, 0.5) is 0 Å². The number of imidazole rings is 1. The summed E-state index contributed by atoms with van der Waals surface area (Å²) in [5.41, 5.74) is 3.92. The van der Waals surface area contributed by atoms with Crippen LogP contribution >= 0.6 is 0 Å². The van der Waals surface area contributed by atoms with Crippen molar-refractivity contribution >= 4 is 5.91 Å². The maximum atomic E-state index is 13.2. The zero-order chi connectivity index (χ0) is 18.3. The van der Waals surface area contributed by atoms with E-state index >= 15 is 0 Å². The molecule has 6 heteroatoms. The van der Waals surface area contributed by atoms with E-state index in [-0.39, 0.29) is 11.9 Å². The minimum Gasteiger partial charge on any atom is -0.361 e. The van der Waals surface area contributed by atoms with Crippen molar-refractivity contribution in [3.8, 4) is 0 Å². The summed E-state index contributed by atoms with van der Waals surface area (Å²) in [6.07, 6.45) is 2.17.